The molecule has 2 amide bonds. The molecule has 1 aromatic carbocycles. The number of non-ortho nitro benzene ring substituents is 1. The largest absolute Gasteiger partial charge is 0.285 e. The molecule has 130 valence electrons. The van der Waals surface area contributed by atoms with Gasteiger partial charge in [-0.1, -0.05) is 23.9 Å². The van der Waals surface area contributed by atoms with Crippen LogP contribution in [0.2, 0.25) is 0 Å². The lowest BCUT2D eigenvalue weighted by Gasteiger charge is -2.15. The van der Waals surface area contributed by atoms with Crippen molar-refractivity contribution in [1.29, 1.82) is 0 Å². The van der Waals surface area contributed by atoms with Gasteiger partial charge in [0.05, 0.1) is 15.5 Å². The van der Waals surface area contributed by atoms with Gasteiger partial charge < -0.3 is 0 Å². The number of hydrogen-bond donors (Lipinski definition) is 1. The van der Waals surface area contributed by atoms with E-state index in [2.05, 4.69) is 10.4 Å². The van der Waals surface area contributed by atoms with Gasteiger partial charge in [-0.2, -0.15) is 5.01 Å². The second-order valence-corrected chi connectivity index (χ2v) is 6.70. The van der Waals surface area contributed by atoms with E-state index in [0.29, 0.717) is 10.6 Å². The summed E-state index contributed by atoms with van der Waals surface area (Å²) in [5.74, 6) is -1.17. The van der Waals surface area contributed by atoms with Gasteiger partial charge in [0.15, 0.2) is 4.32 Å². The number of thiocarbonyl (C=S) groups is 1. The zero-order valence-electron chi connectivity index (χ0n) is 13.0. The van der Waals surface area contributed by atoms with Crippen LogP contribution in [-0.4, -0.2) is 31.1 Å². The Bertz CT molecular complexity index is 946. The van der Waals surface area contributed by atoms with Crippen molar-refractivity contribution in [2.45, 2.75) is 0 Å². The number of nitro groups is 1. The topological polar surface area (TPSA) is 105 Å². The van der Waals surface area contributed by atoms with Gasteiger partial charge in [-0.3, -0.25) is 30.1 Å². The first-order valence-corrected chi connectivity index (χ1v) is 8.42. The van der Waals surface area contributed by atoms with Crippen LogP contribution >= 0.6 is 24.0 Å². The third-order valence-corrected chi connectivity index (χ3v) is 4.60. The highest BCUT2D eigenvalue weighted by atomic mass is 32.2. The van der Waals surface area contributed by atoms with E-state index in [-0.39, 0.29) is 15.6 Å². The van der Waals surface area contributed by atoms with Gasteiger partial charge in [-0.15, -0.1) is 0 Å². The molecule has 2 aromatic rings. The molecule has 0 radical (unpaired) electrons. The quantitative estimate of drug-likeness (QED) is 0.372. The highest BCUT2D eigenvalue weighted by Gasteiger charge is 2.34. The van der Waals surface area contributed by atoms with Crippen molar-refractivity contribution >= 4 is 51.9 Å². The molecule has 1 saturated heterocycles. The van der Waals surface area contributed by atoms with E-state index in [1.165, 1.54) is 18.2 Å². The van der Waals surface area contributed by atoms with Crippen molar-refractivity contribution in [1.82, 2.24) is 15.4 Å². The maximum Gasteiger partial charge on any atom is 0.285 e. The van der Waals surface area contributed by atoms with Crippen LogP contribution in [0, 0.1) is 10.1 Å². The third kappa shape index (κ3) is 3.76. The van der Waals surface area contributed by atoms with E-state index < -0.39 is 16.7 Å². The van der Waals surface area contributed by atoms with E-state index in [0.717, 1.165) is 22.8 Å². The summed E-state index contributed by atoms with van der Waals surface area (Å²) in [6.45, 7) is 0. The van der Waals surface area contributed by atoms with Crippen LogP contribution in [0.25, 0.3) is 6.08 Å². The lowest BCUT2D eigenvalue weighted by atomic mass is 10.2. The van der Waals surface area contributed by atoms with Gasteiger partial charge in [0.25, 0.3) is 17.5 Å². The molecule has 0 atom stereocenters. The molecule has 1 N–H and O–H groups in total. The average molecular weight is 386 g/mol. The Labute approximate surface area is 157 Å². The summed E-state index contributed by atoms with van der Waals surface area (Å²) >= 11 is 6.16. The fraction of sp³-hybridized carbons (Fsp3) is 0. The first kappa shape index (κ1) is 17.7. The molecule has 0 bridgehead atoms. The Morgan fingerprint density at radius 3 is 2.81 bits per heavy atom. The maximum absolute atomic E-state index is 12.5. The van der Waals surface area contributed by atoms with Crippen LogP contribution < -0.4 is 5.43 Å². The number of nitro benzene ring substituents is 1. The second-order valence-electron chi connectivity index (χ2n) is 5.02. The zero-order chi connectivity index (χ0) is 18.7. The first-order chi connectivity index (χ1) is 12.5. The number of benzene rings is 1. The number of carbonyl (C=O) groups is 2. The second kappa shape index (κ2) is 7.42. The van der Waals surface area contributed by atoms with Crippen molar-refractivity contribution in [2.24, 2.45) is 0 Å². The summed E-state index contributed by atoms with van der Waals surface area (Å²) in [6, 6.07) is 10.4. The van der Waals surface area contributed by atoms with Crippen LogP contribution in [-0.2, 0) is 4.79 Å². The van der Waals surface area contributed by atoms with Crippen molar-refractivity contribution in [3.63, 3.8) is 0 Å². The molecule has 1 aromatic heterocycles. The van der Waals surface area contributed by atoms with E-state index in [9.17, 15) is 19.7 Å². The fourth-order valence-electron chi connectivity index (χ4n) is 2.09. The number of carbonyl (C=O) groups excluding carboxylic acids is 2. The molecule has 0 aliphatic carbocycles. The number of nitrogens with zero attached hydrogens (tertiary/aromatic N) is 3. The molecule has 0 saturated carbocycles. The predicted molar refractivity (Wildman–Crippen MR) is 99.8 cm³/mol. The molecule has 2 heterocycles. The van der Waals surface area contributed by atoms with Gasteiger partial charge in [-0.05, 0) is 36.5 Å². The van der Waals surface area contributed by atoms with Crippen LogP contribution in [0.5, 0.6) is 0 Å². The van der Waals surface area contributed by atoms with Crippen molar-refractivity contribution in [2.75, 3.05) is 0 Å². The van der Waals surface area contributed by atoms with Crippen molar-refractivity contribution in [3.8, 4) is 0 Å². The lowest BCUT2D eigenvalue weighted by molar-refractivity contribution is -0.384. The minimum absolute atomic E-state index is 0.0435. The number of thioether (sulfide) groups is 1. The molecule has 1 fully saturated rings. The monoisotopic (exact) mass is 386 g/mol. The molecule has 3 rings (SSSR count). The number of hydrogen-bond acceptors (Lipinski definition) is 7. The van der Waals surface area contributed by atoms with Gasteiger partial charge in [0, 0.05) is 23.9 Å². The van der Waals surface area contributed by atoms with Gasteiger partial charge in [0.2, 0.25) is 0 Å². The summed E-state index contributed by atoms with van der Waals surface area (Å²) in [6.07, 6.45) is 3.16. The Morgan fingerprint density at radius 2 is 2.12 bits per heavy atom. The highest BCUT2D eigenvalue weighted by molar-refractivity contribution is 8.26. The molecule has 1 aliphatic rings. The smallest absolute Gasteiger partial charge is 0.267 e. The molecular formula is C16H10N4O4S2. The van der Waals surface area contributed by atoms with E-state index >= 15 is 0 Å². The van der Waals surface area contributed by atoms with Crippen LogP contribution in [0.1, 0.15) is 16.1 Å². The van der Waals surface area contributed by atoms with Crippen LogP contribution in [0.15, 0.2) is 53.6 Å². The Kier molecular flexibility index (Phi) is 5.05. The van der Waals surface area contributed by atoms with Crippen LogP contribution in [0.3, 0.4) is 0 Å². The number of amides is 2. The number of hydrazine groups is 1. The fourth-order valence-corrected chi connectivity index (χ4v) is 3.25. The average Bonchev–Trinajstić information content (AvgIpc) is 2.90. The van der Waals surface area contributed by atoms with Crippen molar-refractivity contribution < 1.29 is 14.5 Å². The van der Waals surface area contributed by atoms with Gasteiger partial charge in [0.1, 0.15) is 0 Å². The molecule has 8 nitrogen and oxygen atoms in total. The zero-order valence-corrected chi connectivity index (χ0v) is 14.6. The van der Waals surface area contributed by atoms with E-state index in [4.69, 9.17) is 12.2 Å². The standard InChI is InChI=1S/C16H10N4O4S2/c21-14(10-4-3-6-12(8-10)20(23)24)18-19-15(22)13(26-16(19)25)9-11-5-1-2-7-17-11/h1-9H,(H,18,21). The lowest BCUT2D eigenvalue weighted by Crippen LogP contribution is -2.44. The molecule has 10 heteroatoms. The molecule has 0 unspecified atom stereocenters. The molecule has 26 heavy (non-hydrogen) atoms. The summed E-state index contributed by atoms with van der Waals surface area (Å²) in [5.41, 5.74) is 2.78. The van der Waals surface area contributed by atoms with Gasteiger partial charge in [-0.25, -0.2) is 0 Å². The minimum atomic E-state index is -0.677. The normalized spacial score (nSPS) is 15.4. The number of rotatable bonds is 4. The molecule has 0 spiro atoms. The maximum atomic E-state index is 12.5. The molecule has 1 aliphatic heterocycles. The third-order valence-electron chi connectivity index (χ3n) is 3.29. The highest BCUT2D eigenvalue weighted by Crippen LogP contribution is 2.31. The van der Waals surface area contributed by atoms with Crippen LogP contribution in [0.4, 0.5) is 5.69 Å². The van der Waals surface area contributed by atoms with E-state index in [1.54, 1.807) is 30.5 Å². The summed E-state index contributed by atoms with van der Waals surface area (Å²) < 4.78 is 0.149. The van der Waals surface area contributed by atoms with E-state index in [1.807, 2.05) is 0 Å². The SMILES string of the molecule is O=C(NN1C(=O)C(=Cc2ccccn2)SC1=S)c1cccc([N+](=O)[O-])c1. The van der Waals surface area contributed by atoms with Gasteiger partial charge >= 0.3 is 0 Å². The number of nitrogens with one attached hydrogen (secondary N) is 1. The minimum Gasteiger partial charge on any atom is -0.267 e. The Morgan fingerprint density at radius 1 is 1.31 bits per heavy atom. The summed E-state index contributed by atoms with van der Waals surface area (Å²) in [4.78, 5) is 39.4. The number of pyridine rings is 1. The van der Waals surface area contributed by atoms with Crippen molar-refractivity contribution in [3.05, 3.63) is 74.9 Å². The Balaban J connectivity index is 1.78. The summed E-state index contributed by atoms with van der Waals surface area (Å²) in [7, 11) is 0. The first-order valence-electron chi connectivity index (χ1n) is 7.20. The Hall–Kier alpha value is -3.11. The summed E-state index contributed by atoms with van der Waals surface area (Å²) in [5, 5.41) is 11.8. The number of aromatic nitrogens is 1. The molecular weight excluding hydrogens is 376 g/mol. The predicted octanol–water partition coefficient (Wildman–Crippen LogP) is 2.54.